The van der Waals surface area contributed by atoms with Gasteiger partial charge in [-0.25, -0.2) is 4.98 Å². The molecule has 1 heterocycles. The zero-order valence-corrected chi connectivity index (χ0v) is 21.2. The van der Waals surface area contributed by atoms with E-state index in [9.17, 15) is 4.79 Å². The molecule has 0 saturated heterocycles. The first-order chi connectivity index (χ1) is 14.3. The van der Waals surface area contributed by atoms with Gasteiger partial charge >= 0.3 is 5.97 Å². The summed E-state index contributed by atoms with van der Waals surface area (Å²) in [4.78, 5) is 15.7. The van der Waals surface area contributed by atoms with Gasteiger partial charge in [0, 0.05) is 24.9 Å². The summed E-state index contributed by atoms with van der Waals surface area (Å²) >= 11 is 0. The molecule has 0 spiro atoms. The van der Waals surface area contributed by atoms with Crippen LogP contribution in [0, 0.1) is 0 Å². The van der Waals surface area contributed by atoms with E-state index in [0.29, 0.717) is 19.1 Å². The molecule has 0 amide bonds. The van der Waals surface area contributed by atoms with Crippen LogP contribution in [0.2, 0.25) is 0 Å². The van der Waals surface area contributed by atoms with Crippen LogP contribution in [0.25, 0.3) is 0 Å². The Balaban J connectivity index is 0.00000841. The zero-order chi connectivity index (χ0) is 21.0. The third-order valence-corrected chi connectivity index (χ3v) is 5.77. The summed E-state index contributed by atoms with van der Waals surface area (Å²) in [5.74, 6) is -0.0107. The normalized spacial score (nSPS) is 11.8. The summed E-state index contributed by atoms with van der Waals surface area (Å²) in [7, 11) is 0. The predicted octanol–water partition coefficient (Wildman–Crippen LogP) is 4.64. The van der Waals surface area contributed by atoms with Crippen LogP contribution < -0.4 is 17.0 Å². The van der Waals surface area contributed by atoms with Gasteiger partial charge in [-0.05, 0) is 25.7 Å². The van der Waals surface area contributed by atoms with E-state index in [1.807, 2.05) is 12.5 Å². The Bertz CT molecular complexity index is 480. The average molecular weight is 487 g/mol. The Morgan fingerprint density at radius 3 is 1.97 bits per heavy atom. The molecule has 0 N–H and O–H groups in total. The minimum absolute atomic E-state index is 0. The molecule has 1 rings (SSSR count). The third kappa shape index (κ3) is 15.9. The molecule has 0 aliphatic carbocycles. The van der Waals surface area contributed by atoms with Crippen molar-refractivity contribution in [3.63, 3.8) is 0 Å². The van der Waals surface area contributed by atoms with Crippen molar-refractivity contribution in [1.82, 2.24) is 9.55 Å². The van der Waals surface area contributed by atoms with Gasteiger partial charge in [0.2, 0.25) is 0 Å². The van der Waals surface area contributed by atoms with Gasteiger partial charge in [0.15, 0.2) is 0 Å². The van der Waals surface area contributed by atoms with Crippen LogP contribution in [-0.2, 0) is 9.53 Å². The van der Waals surface area contributed by atoms with Gasteiger partial charge < -0.3 is 26.3 Å². The third-order valence-electron chi connectivity index (χ3n) is 5.77. The van der Waals surface area contributed by atoms with E-state index in [4.69, 9.17) is 4.74 Å². The Morgan fingerprint density at radius 1 is 0.833 bits per heavy atom. The fraction of sp³-hybridized carbons (Fsp3) is 0.840. The number of carbonyl (C=O) groups excluding carboxylic acids is 1. The highest BCUT2D eigenvalue weighted by Crippen LogP contribution is 2.22. The van der Waals surface area contributed by atoms with E-state index in [0.717, 1.165) is 25.7 Å². The Morgan fingerprint density at radius 2 is 1.40 bits per heavy atom. The highest BCUT2D eigenvalue weighted by molar-refractivity contribution is 5.69. The summed E-state index contributed by atoms with van der Waals surface area (Å²) in [5, 5.41) is 0. The maximum atomic E-state index is 11.5. The maximum Gasteiger partial charge on any atom is 0.305 e. The molecular formula is C25H46BrN2O2-. The molecule has 30 heavy (non-hydrogen) atoms. The molecule has 0 aromatic carbocycles. The standard InChI is InChI=1S/C25H46N2O2.BrH/c1-3-5-17-24(27-21-20-26-23-27)18-15-13-11-9-7-8-10-12-14-16-19-25(28)29-22-6-4-2;/h20-21,23-24H,3-19,22H2,1-2H3;1H/p-1. The van der Waals surface area contributed by atoms with Crippen LogP contribution in [0.15, 0.2) is 18.7 Å². The molecule has 0 fully saturated rings. The van der Waals surface area contributed by atoms with Crippen molar-refractivity contribution in [2.75, 3.05) is 6.61 Å². The van der Waals surface area contributed by atoms with Crippen LogP contribution >= 0.6 is 0 Å². The zero-order valence-electron chi connectivity index (χ0n) is 19.6. The average Bonchev–Trinajstić information content (AvgIpc) is 3.26. The number of hydrogen-bond donors (Lipinski definition) is 0. The number of aromatic nitrogens is 2. The smallest absolute Gasteiger partial charge is 0.305 e. The molecule has 176 valence electrons. The molecule has 0 aliphatic heterocycles. The predicted molar refractivity (Wildman–Crippen MR) is 122 cm³/mol. The first-order valence-electron chi connectivity index (χ1n) is 12.4. The van der Waals surface area contributed by atoms with Gasteiger partial charge in [0.25, 0.3) is 0 Å². The first kappa shape index (κ1) is 29.2. The fourth-order valence-electron chi connectivity index (χ4n) is 3.83. The summed E-state index contributed by atoms with van der Waals surface area (Å²) in [6.07, 6.45) is 26.7. The number of esters is 1. The topological polar surface area (TPSA) is 44.1 Å². The number of nitrogens with zero attached hydrogens (tertiary/aromatic N) is 2. The van der Waals surface area contributed by atoms with E-state index >= 15 is 0 Å². The summed E-state index contributed by atoms with van der Waals surface area (Å²) in [6.45, 7) is 4.98. The van der Waals surface area contributed by atoms with Gasteiger partial charge in [-0.15, -0.1) is 0 Å². The van der Waals surface area contributed by atoms with Crippen LogP contribution in [0.5, 0.6) is 0 Å². The van der Waals surface area contributed by atoms with Gasteiger partial charge in [0.1, 0.15) is 0 Å². The lowest BCUT2D eigenvalue weighted by Crippen LogP contribution is -3.00. The second-order valence-electron chi connectivity index (χ2n) is 8.45. The van der Waals surface area contributed by atoms with Gasteiger partial charge in [-0.2, -0.15) is 0 Å². The SMILES string of the molecule is CCCCOC(=O)CCCCCCCCCCCCC(CCCC)n1ccnc1.[Br-]. The maximum absolute atomic E-state index is 11.5. The first-order valence-corrected chi connectivity index (χ1v) is 12.4. The van der Waals surface area contributed by atoms with E-state index in [-0.39, 0.29) is 23.0 Å². The second kappa shape index (κ2) is 21.4. The number of rotatable bonds is 20. The summed E-state index contributed by atoms with van der Waals surface area (Å²) in [5.41, 5.74) is 0. The number of imidazole rings is 1. The van der Waals surface area contributed by atoms with Gasteiger partial charge in [-0.1, -0.05) is 90.9 Å². The molecule has 1 atom stereocenters. The van der Waals surface area contributed by atoms with Crippen molar-refractivity contribution in [2.24, 2.45) is 0 Å². The molecule has 5 heteroatoms. The molecule has 1 aromatic rings. The van der Waals surface area contributed by atoms with E-state index < -0.39 is 0 Å². The number of ether oxygens (including phenoxy) is 1. The number of halogens is 1. The highest BCUT2D eigenvalue weighted by atomic mass is 79.9. The Kier molecular flexibility index (Phi) is 20.8. The molecule has 4 nitrogen and oxygen atoms in total. The number of unbranched alkanes of at least 4 members (excludes halogenated alkanes) is 11. The largest absolute Gasteiger partial charge is 1.00 e. The Labute approximate surface area is 196 Å². The molecular weight excluding hydrogens is 440 g/mol. The number of carbonyl (C=O) groups is 1. The van der Waals surface area contributed by atoms with Crippen molar-refractivity contribution in [3.05, 3.63) is 18.7 Å². The lowest BCUT2D eigenvalue weighted by Gasteiger charge is -2.18. The van der Waals surface area contributed by atoms with Crippen LogP contribution in [0.1, 0.15) is 129 Å². The summed E-state index contributed by atoms with van der Waals surface area (Å²) < 4.78 is 7.49. The highest BCUT2D eigenvalue weighted by Gasteiger charge is 2.09. The van der Waals surface area contributed by atoms with Gasteiger partial charge in [-0.3, -0.25) is 4.79 Å². The Hall–Kier alpha value is -0.840. The number of hydrogen-bond acceptors (Lipinski definition) is 3. The van der Waals surface area contributed by atoms with Crippen molar-refractivity contribution >= 4 is 5.97 Å². The lowest BCUT2D eigenvalue weighted by atomic mass is 10.0. The molecule has 1 aromatic heterocycles. The van der Waals surface area contributed by atoms with Gasteiger partial charge in [0.05, 0.1) is 12.9 Å². The minimum atomic E-state index is -0.0107. The molecule has 0 bridgehead atoms. The quantitative estimate of drug-likeness (QED) is 0.199. The van der Waals surface area contributed by atoms with Crippen molar-refractivity contribution in [1.29, 1.82) is 0 Å². The monoisotopic (exact) mass is 485 g/mol. The van der Waals surface area contributed by atoms with Crippen molar-refractivity contribution in [2.45, 2.75) is 129 Å². The van der Waals surface area contributed by atoms with Crippen LogP contribution in [0.3, 0.4) is 0 Å². The van der Waals surface area contributed by atoms with Crippen molar-refractivity contribution < 1.29 is 26.5 Å². The summed E-state index contributed by atoms with van der Waals surface area (Å²) in [6, 6.07) is 0.640. The fourth-order valence-corrected chi connectivity index (χ4v) is 3.83. The van der Waals surface area contributed by atoms with E-state index in [1.165, 1.54) is 77.0 Å². The molecule has 1 unspecified atom stereocenters. The molecule has 0 aliphatic rings. The van der Waals surface area contributed by atoms with Crippen LogP contribution in [-0.4, -0.2) is 22.1 Å². The molecule has 0 radical (unpaired) electrons. The second-order valence-corrected chi connectivity index (χ2v) is 8.45. The van der Waals surface area contributed by atoms with Crippen molar-refractivity contribution in [3.8, 4) is 0 Å². The van der Waals surface area contributed by atoms with E-state index in [1.54, 1.807) is 0 Å². The minimum Gasteiger partial charge on any atom is -1.00 e. The lowest BCUT2D eigenvalue weighted by molar-refractivity contribution is -0.143. The molecule has 0 saturated carbocycles. The van der Waals surface area contributed by atoms with Crippen LogP contribution in [0.4, 0.5) is 0 Å². The van der Waals surface area contributed by atoms with E-state index in [2.05, 4.69) is 29.6 Å².